The summed E-state index contributed by atoms with van der Waals surface area (Å²) >= 11 is 0. The minimum absolute atomic E-state index is 0.363. The lowest BCUT2D eigenvalue weighted by Gasteiger charge is -2.20. The quantitative estimate of drug-likeness (QED) is 0.361. The van der Waals surface area contributed by atoms with Crippen molar-refractivity contribution in [1.82, 2.24) is 0 Å². The van der Waals surface area contributed by atoms with Crippen molar-refractivity contribution in [3.05, 3.63) is 46.3 Å². The van der Waals surface area contributed by atoms with Gasteiger partial charge in [-0.15, -0.1) is 0 Å². The van der Waals surface area contributed by atoms with Crippen LogP contribution in [0.1, 0.15) is 23.7 Å². The summed E-state index contributed by atoms with van der Waals surface area (Å²) in [7, 11) is 1.48. The van der Waals surface area contributed by atoms with Crippen LogP contribution in [-0.4, -0.2) is 37.6 Å². The summed E-state index contributed by atoms with van der Waals surface area (Å²) < 4.78 is 16.1. The van der Waals surface area contributed by atoms with Gasteiger partial charge in [0.2, 0.25) is 0 Å². The second-order valence-electron chi connectivity index (χ2n) is 4.76. The molecule has 0 aliphatic carbocycles. The average Bonchev–Trinajstić information content (AvgIpc) is 2.91. The summed E-state index contributed by atoms with van der Waals surface area (Å²) in [6.45, 7) is 1.75. The van der Waals surface area contributed by atoms with E-state index in [1.54, 1.807) is 31.2 Å². The molecule has 1 saturated heterocycles. The molecule has 0 spiro atoms. The van der Waals surface area contributed by atoms with E-state index in [0.717, 1.165) is 0 Å². The van der Waals surface area contributed by atoms with Gasteiger partial charge in [0.05, 0.1) is 17.7 Å². The normalized spacial score (nSPS) is 25.9. The Labute approximate surface area is 122 Å². The van der Waals surface area contributed by atoms with Gasteiger partial charge in [0.15, 0.2) is 6.29 Å². The van der Waals surface area contributed by atoms with Crippen molar-refractivity contribution in [2.45, 2.75) is 37.9 Å². The molecule has 1 aromatic carbocycles. The lowest BCUT2D eigenvalue weighted by atomic mass is 10.1. The van der Waals surface area contributed by atoms with E-state index >= 15 is 0 Å². The van der Waals surface area contributed by atoms with Gasteiger partial charge in [-0.05, 0) is 31.0 Å². The first-order valence-electron chi connectivity index (χ1n) is 6.64. The summed E-state index contributed by atoms with van der Waals surface area (Å²) in [5, 5.41) is 3.64. The van der Waals surface area contributed by atoms with Crippen LogP contribution in [0, 0.1) is 0 Å². The second kappa shape index (κ2) is 7.08. The van der Waals surface area contributed by atoms with Crippen LogP contribution in [0.15, 0.2) is 35.4 Å². The molecule has 4 atom stereocenters. The minimum atomic E-state index is -0.608. The van der Waals surface area contributed by atoms with Gasteiger partial charge < -0.3 is 14.2 Å². The van der Waals surface area contributed by atoms with Crippen LogP contribution in [0.3, 0.4) is 0 Å². The Bertz CT molecular complexity index is 530. The van der Waals surface area contributed by atoms with Crippen LogP contribution >= 0.6 is 0 Å². The topological polar surface area (TPSA) is 93.5 Å². The van der Waals surface area contributed by atoms with E-state index in [4.69, 9.17) is 19.7 Å². The van der Waals surface area contributed by atoms with Crippen LogP contribution < -0.4 is 0 Å². The number of azide groups is 1. The SMILES string of the molecule is COC1O[C@H](C(C)OC(=O)c2ccccc2)CC1N=[N+]=[N-]. The molecular weight excluding hydrogens is 274 g/mol. The molecule has 1 aliphatic rings. The summed E-state index contributed by atoms with van der Waals surface area (Å²) in [5.74, 6) is -0.409. The molecule has 1 fully saturated rings. The van der Waals surface area contributed by atoms with E-state index < -0.39 is 24.4 Å². The monoisotopic (exact) mass is 291 g/mol. The minimum Gasteiger partial charge on any atom is -0.456 e. The molecule has 1 aliphatic heterocycles. The van der Waals surface area contributed by atoms with Crippen molar-refractivity contribution in [3.8, 4) is 0 Å². The standard InChI is InChI=1S/C14H17N3O4/c1-9(20-13(18)10-6-4-3-5-7-10)12-8-11(16-17-15)14(19-2)21-12/h3-7,9,11-12,14H,8H2,1-2H3/t9?,11?,12-,14?/m0/s1. The number of methoxy groups -OCH3 is 1. The Morgan fingerprint density at radius 3 is 2.81 bits per heavy atom. The summed E-state index contributed by atoms with van der Waals surface area (Å²) in [6.07, 6.45) is -0.984. The van der Waals surface area contributed by atoms with Gasteiger partial charge in [0, 0.05) is 12.0 Å². The lowest BCUT2D eigenvalue weighted by Crippen LogP contribution is -2.29. The number of ether oxygens (including phenoxy) is 3. The molecule has 0 amide bonds. The van der Waals surface area contributed by atoms with Crippen LogP contribution in [0.2, 0.25) is 0 Å². The van der Waals surface area contributed by atoms with E-state index in [1.807, 2.05) is 6.07 Å². The Morgan fingerprint density at radius 2 is 2.19 bits per heavy atom. The Hall–Kier alpha value is -2.08. The number of carbonyl (C=O) groups is 1. The van der Waals surface area contributed by atoms with Gasteiger partial charge in [-0.2, -0.15) is 0 Å². The second-order valence-corrected chi connectivity index (χ2v) is 4.76. The Morgan fingerprint density at radius 1 is 1.48 bits per heavy atom. The highest BCUT2D eigenvalue weighted by Crippen LogP contribution is 2.27. The summed E-state index contributed by atoms with van der Waals surface area (Å²) in [5.41, 5.74) is 9.00. The van der Waals surface area contributed by atoms with Crippen molar-refractivity contribution in [3.63, 3.8) is 0 Å². The average molecular weight is 291 g/mol. The third-order valence-electron chi connectivity index (χ3n) is 3.36. The van der Waals surface area contributed by atoms with E-state index in [-0.39, 0.29) is 6.10 Å². The van der Waals surface area contributed by atoms with Crippen LogP contribution in [0.5, 0.6) is 0 Å². The summed E-state index contributed by atoms with van der Waals surface area (Å²) in [4.78, 5) is 14.8. The number of esters is 1. The number of hydrogen-bond donors (Lipinski definition) is 0. The highest BCUT2D eigenvalue weighted by molar-refractivity contribution is 5.89. The smallest absolute Gasteiger partial charge is 0.338 e. The number of carbonyl (C=O) groups excluding carboxylic acids is 1. The zero-order chi connectivity index (χ0) is 15.2. The maximum absolute atomic E-state index is 12.0. The number of nitrogens with zero attached hydrogens (tertiary/aromatic N) is 3. The first-order chi connectivity index (χ1) is 10.2. The third-order valence-corrected chi connectivity index (χ3v) is 3.36. The maximum Gasteiger partial charge on any atom is 0.338 e. The zero-order valence-corrected chi connectivity index (χ0v) is 11.9. The molecule has 1 heterocycles. The van der Waals surface area contributed by atoms with Crippen LogP contribution in [0.25, 0.3) is 10.4 Å². The molecule has 7 nitrogen and oxygen atoms in total. The maximum atomic E-state index is 12.0. The number of rotatable bonds is 5. The molecule has 0 saturated carbocycles. The van der Waals surface area contributed by atoms with Gasteiger partial charge in [-0.25, -0.2) is 4.79 Å². The highest BCUT2D eigenvalue weighted by atomic mass is 16.7. The number of benzene rings is 1. The van der Waals surface area contributed by atoms with Gasteiger partial charge in [-0.1, -0.05) is 23.3 Å². The van der Waals surface area contributed by atoms with Crippen molar-refractivity contribution in [2.24, 2.45) is 5.11 Å². The molecule has 21 heavy (non-hydrogen) atoms. The highest BCUT2D eigenvalue weighted by Gasteiger charge is 2.38. The predicted molar refractivity (Wildman–Crippen MR) is 74.5 cm³/mol. The van der Waals surface area contributed by atoms with Crippen LogP contribution in [0.4, 0.5) is 0 Å². The largest absolute Gasteiger partial charge is 0.456 e. The first-order valence-corrected chi connectivity index (χ1v) is 6.64. The van der Waals surface area contributed by atoms with Gasteiger partial charge >= 0.3 is 5.97 Å². The van der Waals surface area contributed by atoms with Crippen molar-refractivity contribution in [1.29, 1.82) is 0 Å². The van der Waals surface area contributed by atoms with Crippen molar-refractivity contribution >= 4 is 5.97 Å². The molecular formula is C14H17N3O4. The predicted octanol–water partition coefficient (Wildman–Crippen LogP) is 2.67. The number of hydrogen-bond acceptors (Lipinski definition) is 5. The van der Waals surface area contributed by atoms with Gasteiger partial charge in [-0.3, -0.25) is 0 Å². The first kappa shape index (κ1) is 15.3. The molecule has 3 unspecified atom stereocenters. The van der Waals surface area contributed by atoms with Gasteiger partial charge in [0.25, 0.3) is 0 Å². The molecule has 0 aromatic heterocycles. The molecule has 1 aromatic rings. The fraction of sp³-hybridized carbons (Fsp3) is 0.500. The molecule has 7 heteroatoms. The fourth-order valence-electron chi connectivity index (χ4n) is 2.24. The third kappa shape index (κ3) is 3.72. The molecule has 0 bridgehead atoms. The Balaban J connectivity index is 1.96. The fourth-order valence-corrected chi connectivity index (χ4v) is 2.24. The van der Waals surface area contributed by atoms with Crippen LogP contribution in [-0.2, 0) is 14.2 Å². The van der Waals surface area contributed by atoms with E-state index in [9.17, 15) is 4.79 Å². The van der Waals surface area contributed by atoms with Crippen molar-refractivity contribution < 1.29 is 19.0 Å². The van der Waals surface area contributed by atoms with Crippen molar-refractivity contribution in [2.75, 3.05) is 7.11 Å². The molecule has 2 rings (SSSR count). The van der Waals surface area contributed by atoms with Gasteiger partial charge in [0.1, 0.15) is 6.10 Å². The lowest BCUT2D eigenvalue weighted by molar-refractivity contribution is -0.141. The molecule has 0 radical (unpaired) electrons. The summed E-state index contributed by atoms with van der Waals surface area (Å²) in [6, 6.07) is 8.32. The van der Waals surface area contributed by atoms with E-state index in [1.165, 1.54) is 7.11 Å². The Kier molecular flexibility index (Phi) is 5.16. The molecule has 0 N–H and O–H groups in total. The van der Waals surface area contributed by atoms with E-state index in [0.29, 0.717) is 12.0 Å². The molecule has 112 valence electrons. The van der Waals surface area contributed by atoms with E-state index in [2.05, 4.69) is 10.0 Å². The zero-order valence-electron chi connectivity index (χ0n) is 11.9.